The Kier molecular flexibility index (Phi) is 6.42. The van der Waals surface area contributed by atoms with Gasteiger partial charge in [0.15, 0.2) is 0 Å². The van der Waals surface area contributed by atoms with E-state index >= 15 is 0 Å². The molecule has 1 heterocycles. The normalized spacial score (nSPS) is 25.4. The largest absolute Gasteiger partial charge is 0.369 e. The van der Waals surface area contributed by atoms with Crippen LogP contribution in [-0.4, -0.2) is 37.6 Å². The molecule has 0 bridgehead atoms. The molecule has 3 aliphatic rings. The number of anilines is 1. The summed E-state index contributed by atoms with van der Waals surface area (Å²) in [5.74, 6) is 1.71. The Morgan fingerprint density at radius 2 is 1.54 bits per heavy atom. The van der Waals surface area contributed by atoms with Gasteiger partial charge in [0.25, 0.3) is 0 Å². The molecule has 4 rings (SSSR count). The summed E-state index contributed by atoms with van der Waals surface area (Å²) in [7, 11) is 0. The molecule has 1 aromatic rings. The maximum absolute atomic E-state index is 2.71. The van der Waals surface area contributed by atoms with Gasteiger partial charge in [-0.3, -0.25) is 4.90 Å². The van der Waals surface area contributed by atoms with Gasteiger partial charge in [-0.05, 0) is 72.8 Å². The third-order valence-corrected chi connectivity index (χ3v) is 7.17. The van der Waals surface area contributed by atoms with E-state index in [1.807, 2.05) is 0 Å². The molecule has 0 aromatic heterocycles. The van der Waals surface area contributed by atoms with Crippen molar-refractivity contribution in [2.24, 2.45) is 16.7 Å². The zero-order chi connectivity index (χ0) is 19.2. The monoisotopic (exact) mass is 404 g/mol. The van der Waals surface area contributed by atoms with Gasteiger partial charge < -0.3 is 4.90 Å². The van der Waals surface area contributed by atoms with Gasteiger partial charge in [0.2, 0.25) is 0 Å². The van der Waals surface area contributed by atoms with E-state index in [-0.39, 0.29) is 12.4 Å². The van der Waals surface area contributed by atoms with Crippen molar-refractivity contribution in [2.75, 3.05) is 37.6 Å². The predicted molar refractivity (Wildman–Crippen MR) is 124 cm³/mol. The SMILES string of the molecule is Cc1cccc(C2CC(C)(C)CC(C)(C)C2)c1N1CCN(CC2CC2)CC1.Cl. The molecule has 2 saturated carbocycles. The van der Waals surface area contributed by atoms with Crippen LogP contribution in [0, 0.1) is 23.7 Å². The van der Waals surface area contributed by atoms with Crippen molar-refractivity contribution in [2.45, 2.75) is 72.6 Å². The van der Waals surface area contributed by atoms with Crippen LogP contribution in [0.15, 0.2) is 18.2 Å². The number of hydrogen-bond donors (Lipinski definition) is 0. The van der Waals surface area contributed by atoms with Crippen molar-refractivity contribution < 1.29 is 0 Å². The molecule has 28 heavy (non-hydrogen) atoms. The number of para-hydroxylation sites is 1. The second-order valence-electron chi connectivity index (χ2n) is 11.4. The van der Waals surface area contributed by atoms with Gasteiger partial charge in [-0.25, -0.2) is 0 Å². The minimum Gasteiger partial charge on any atom is -0.369 e. The van der Waals surface area contributed by atoms with E-state index in [1.54, 1.807) is 11.3 Å². The van der Waals surface area contributed by atoms with Gasteiger partial charge in [0.05, 0.1) is 0 Å². The van der Waals surface area contributed by atoms with E-state index in [4.69, 9.17) is 0 Å². The first-order valence-corrected chi connectivity index (χ1v) is 11.3. The molecule has 2 aliphatic carbocycles. The lowest BCUT2D eigenvalue weighted by atomic mass is 9.60. The summed E-state index contributed by atoms with van der Waals surface area (Å²) in [5, 5.41) is 0. The topological polar surface area (TPSA) is 6.48 Å². The maximum Gasteiger partial charge on any atom is 0.0432 e. The summed E-state index contributed by atoms with van der Waals surface area (Å²) in [6.07, 6.45) is 6.94. The fourth-order valence-corrected chi connectivity index (χ4v) is 6.33. The quantitative estimate of drug-likeness (QED) is 0.583. The smallest absolute Gasteiger partial charge is 0.0432 e. The Bertz CT molecular complexity index is 653. The van der Waals surface area contributed by atoms with Crippen LogP contribution < -0.4 is 4.90 Å². The van der Waals surface area contributed by atoms with Gasteiger partial charge in [0, 0.05) is 38.4 Å². The number of halogens is 1. The lowest BCUT2D eigenvalue weighted by Gasteiger charge is -2.46. The van der Waals surface area contributed by atoms with Crippen LogP contribution in [0.25, 0.3) is 0 Å². The van der Waals surface area contributed by atoms with Crippen LogP contribution in [0.3, 0.4) is 0 Å². The number of rotatable bonds is 4. The number of nitrogens with zero attached hydrogens (tertiary/aromatic N) is 2. The summed E-state index contributed by atoms with van der Waals surface area (Å²) < 4.78 is 0. The fraction of sp³-hybridized carbons (Fsp3) is 0.760. The highest BCUT2D eigenvalue weighted by atomic mass is 35.5. The molecule has 0 spiro atoms. The van der Waals surface area contributed by atoms with Gasteiger partial charge in [-0.2, -0.15) is 0 Å². The molecule has 0 radical (unpaired) electrons. The van der Waals surface area contributed by atoms with Crippen LogP contribution in [0.5, 0.6) is 0 Å². The number of aryl methyl sites for hydroxylation is 1. The number of piperazine rings is 1. The average Bonchev–Trinajstić information content (AvgIpc) is 3.37. The average molecular weight is 405 g/mol. The summed E-state index contributed by atoms with van der Waals surface area (Å²) in [4.78, 5) is 5.42. The van der Waals surface area contributed by atoms with E-state index in [0.717, 1.165) is 5.92 Å². The minimum absolute atomic E-state index is 0. The van der Waals surface area contributed by atoms with Gasteiger partial charge in [-0.15, -0.1) is 12.4 Å². The molecule has 3 heteroatoms. The van der Waals surface area contributed by atoms with Gasteiger partial charge in [-0.1, -0.05) is 45.9 Å². The van der Waals surface area contributed by atoms with Gasteiger partial charge >= 0.3 is 0 Å². The Hall–Kier alpha value is -0.730. The Morgan fingerprint density at radius 1 is 0.929 bits per heavy atom. The zero-order valence-corrected chi connectivity index (χ0v) is 19.6. The first-order valence-electron chi connectivity index (χ1n) is 11.3. The first-order chi connectivity index (χ1) is 12.7. The highest BCUT2D eigenvalue weighted by molar-refractivity contribution is 5.85. The molecule has 0 unspecified atom stereocenters. The predicted octanol–water partition coefficient (Wildman–Crippen LogP) is 6.27. The highest BCUT2D eigenvalue weighted by Gasteiger charge is 2.40. The second kappa shape index (κ2) is 8.19. The van der Waals surface area contributed by atoms with Crippen LogP contribution in [0.4, 0.5) is 5.69 Å². The maximum atomic E-state index is 2.71. The van der Waals surface area contributed by atoms with Crippen LogP contribution >= 0.6 is 12.4 Å². The molecule has 1 saturated heterocycles. The van der Waals surface area contributed by atoms with E-state index in [0.29, 0.717) is 16.7 Å². The molecule has 1 aromatic carbocycles. The molecule has 3 fully saturated rings. The molecule has 1 aliphatic heterocycles. The molecule has 2 nitrogen and oxygen atoms in total. The Labute approximate surface area is 179 Å². The zero-order valence-electron chi connectivity index (χ0n) is 18.8. The molecule has 158 valence electrons. The van der Waals surface area contributed by atoms with E-state index in [2.05, 4.69) is 62.6 Å². The summed E-state index contributed by atoms with van der Waals surface area (Å²) in [6.45, 7) is 18.5. The van der Waals surface area contributed by atoms with Crippen LogP contribution in [0.2, 0.25) is 0 Å². The van der Waals surface area contributed by atoms with Crippen molar-refractivity contribution in [1.29, 1.82) is 0 Å². The number of benzene rings is 1. The third kappa shape index (κ3) is 5.05. The van der Waals surface area contributed by atoms with Crippen LogP contribution in [-0.2, 0) is 0 Å². The molecular weight excluding hydrogens is 364 g/mol. The highest BCUT2D eigenvalue weighted by Crippen LogP contribution is 2.53. The molecule has 0 atom stereocenters. The van der Waals surface area contributed by atoms with Gasteiger partial charge in [0.1, 0.15) is 0 Å². The summed E-state index contributed by atoms with van der Waals surface area (Å²) in [6, 6.07) is 7.07. The standard InChI is InChI=1S/C25H40N2.ClH/c1-19-7-6-8-22(21-15-24(2,3)18-25(4,5)16-21)23(19)27-13-11-26(12-14-27)17-20-9-10-20;/h6-8,20-21H,9-18H2,1-5H3;1H. The van der Waals surface area contributed by atoms with E-state index in [1.165, 1.54) is 70.4 Å². The van der Waals surface area contributed by atoms with Crippen molar-refractivity contribution in [3.8, 4) is 0 Å². The van der Waals surface area contributed by atoms with Crippen molar-refractivity contribution in [1.82, 2.24) is 4.90 Å². The van der Waals surface area contributed by atoms with Crippen molar-refractivity contribution >= 4 is 18.1 Å². The molecular formula is C25H41ClN2. The van der Waals surface area contributed by atoms with E-state index < -0.39 is 0 Å². The molecule has 0 amide bonds. The number of hydrogen-bond acceptors (Lipinski definition) is 2. The van der Waals surface area contributed by atoms with Crippen LogP contribution in [0.1, 0.15) is 76.8 Å². The van der Waals surface area contributed by atoms with E-state index in [9.17, 15) is 0 Å². The second-order valence-corrected chi connectivity index (χ2v) is 11.4. The Morgan fingerprint density at radius 3 is 2.11 bits per heavy atom. The fourth-order valence-electron chi connectivity index (χ4n) is 6.33. The Balaban J connectivity index is 0.00000225. The van der Waals surface area contributed by atoms with Crippen molar-refractivity contribution in [3.05, 3.63) is 29.3 Å². The summed E-state index contributed by atoms with van der Waals surface area (Å²) in [5.41, 5.74) is 5.56. The molecule has 0 N–H and O–H groups in total. The van der Waals surface area contributed by atoms with Crippen molar-refractivity contribution in [3.63, 3.8) is 0 Å². The minimum atomic E-state index is 0. The lowest BCUT2D eigenvalue weighted by Crippen LogP contribution is -2.47. The summed E-state index contributed by atoms with van der Waals surface area (Å²) >= 11 is 0. The lowest BCUT2D eigenvalue weighted by molar-refractivity contribution is 0.0969. The third-order valence-electron chi connectivity index (χ3n) is 7.17. The first kappa shape index (κ1) is 22.0.